The molecule has 1 aromatic rings. The Labute approximate surface area is 124 Å². The lowest BCUT2D eigenvalue weighted by Gasteiger charge is -2.29. The second-order valence-electron chi connectivity index (χ2n) is 4.68. The van der Waals surface area contributed by atoms with Gasteiger partial charge in [-0.25, -0.2) is 0 Å². The maximum atomic E-state index is 12.2. The van der Waals surface area contributed by atoms with Gasteiger partial charge in [0.2, 0.25) is 0 Å². The van der Waals surface area contributed by atoms with Crippen molar-refractivity contribution in [2.24, 2.45) is 0 Å². The van der Waals surface area contributed by atoms with E-state index in [4.69, 9.17) is 0 Å². The van der Waals surface area contributed by atoms with E-state index in [2.05, 4.69) is 49.1 Å². The van der Waals surface area contributed by atoms with Crippen LogP contribution in [0.1, 0.15) is 23.2 Å². The number of hydrogen-bond donors (Lipinski definition) is 1. The summed E-state index contributed by atoms with van der Waals surface area (Å²) in [6, 6.07) is 5.90. The van der Waals surface area contributed by atoms with Crippen molar-refractivity contribution in [3.8, 4) is 0 Å². The highest BCUT2D eigenvalue weighted by molar-refractivity contribution is 9.11. The molecular formula is C13H16Br2N2O. The Bertz CT molecular complexity index is 443. The molecule has 0 aromatic heterocycles. The monoisotopic (exact) mass is 374 g/mol. The molecular weight excluding hydrogens is 360 g/mol. The number of carbonyl (C=O) groups excluding carboxylic acids is 1. The Kier molecular flexibility index (Phi) is 4.81. The average molecular weight is 376 g/mol. The van der Waals surface area contributed by atoms with E-state index in [1.54, 1.807) is 0 Å². The fourth-order valence-corrected chi connectivity index (χ4v) is 3.32. The lowest BCUT2D eigenvalue weighted by molar-refractivity contribution is 0.0916. The molecule has 1 aliphatic rings. The predicted molar refractivity (Wildman–Crippen MR) is 79.8 cm³/mol. The molecule has 2 rings (SSSR count). The number of benzene rings is 1. The Morgan fingerprint density at radius 1 is 1.33 bits per heavy atom. The molecule has 3 nitrogen and oxygen atoms in total. The molecule has 1 heterocycles. The van der Waals surface area contributed by atoms with E-state index < -0.39 is 0 Å². The van der Waals surface area contributed by atoms with Crippen LogP contribution in [-0.2, 0) is 0 Å². The molecule has 1 saturated heterocycles. The fraction of sp³-hybridized carbons (Fsp3) is 0.462. The molecule has 98 valence electrons. The molecule has 0 aliphatic carbocycles. The largest absolute Gasteiger partial charge is 0.349 e. The first-order valence-electron chi connectivity index (χ1n) is 6.00. The van der Waals surface area contributed by atoms with Crippen molar-refractivity contribution in [2.45, 2.75) is 18.9 Å². The predicted octanol–water partition coefficient (Wildman–Crippen LogP) is 3.04. The summed E-state index contributed by atoms with van der Waals surface area (Å²) in [4.78, 5) is 14.4. The third-order valence-electron chi connectivity index (χ3n) is 3.23. The van der Waals surface area contributed by atoms with Gasteiger partial charge in [0, 0.05) is 15.0 Å². The van der Waals surface area contributed by atoms with Crippen LogP contribution in [-0.4, -0.2) is 37.0 Å². The standard InChI is InChI=1S/C13H16Br2N2O/c1-17-6-4-10(5-7-17)16-13(18)11-3-2-9(14)8-12(11)15/h2-3,8,10H,4-7H2,1H3,(H,16,18). The van der Waals surface area contributed by atoms with E-state index in [9.17, 15) is 4.79 Å². The van der Waals surface area contributed by atoms with Gasteiger partial charge in [-0.05, 0) is 67.1 Å². The molecule has 1 amide bonds. The van der Waals surface area contributed by atoms with Crippen molar-refractivity contribution in [2.75, 3.05) is 20.1 Å². The zero-order chi connectivity index (χ0) is 13.1. The van der Waals surface area contributed by atoms with Gasteiger partial charge in [0.1, 0.15) is 0 Å². The van der Waals surface area contributed by atoms with Crippen molar-refractivity contribution in [1.29, 1.82) is 0 Å². The Morgan fingerprint density at radius 3 is 2.61 bits per heavy atom. The molecule has 0 spiro atoms. The number of carbonyl (C=O) groups is 1. The number of halogens is 2. The van der Waals surface area contributed by atoms with Gasteiger partial charge in [-0.3, -0.25) is 4.79 Å². The lowest BCUT2D eigenvalue weighted by Crippen LogP contribution is -2.43. The first kappa shape index (κ1) is 14.0. The normalized spacial score (nSPS) is 17.7. The summed E-state index contributed by atoms with van der Waals surface area (Å²) in [5.74, 6) is 0.00364. The minimum absolute atomic E-state index is 0.00364. The highest BCUT2D eigenvalue weighted by Crippen LogP contribution is 2.22. The van der Waals surface area contributed by atoms with Gasteiger partial charge < -0.3 is 10.2 Å². The number of hydrogen-bond acceptors (Lipinski definition) is 2. The highest BCUT2D eigenvalue weighted by atomic mass is 79.9. The summed E-state index contributed by atoms with van der Waals surface area (Å²) in [6.45, 7) is 2.10. The maximum Gasteiger partial charge on any atom is 0.252 e. The molecule has 0 radical (unpaired) electrons. The van der Waals surface area contributed by atoms with Gasteiger partial charge in [0.15, 0.2) is 0 Å². The summed E-state index contributed by atoms with van der Waals surface area (Å²) >= 11 is 6.81. The Morgan fingerprint density at radius 2 is 2.00 bits per heavy atom. The summed E-state index contributed by atoms with van der Waals surface area (Å²) in [5.41, 5.74) is 0.692. The number of piperidine rings is 1. The van der Waals surface area contributed by atoms with Crippen LogP contribution in [0.4, 0.5) is 0 Å². The average Bonchev–Trinajstić information content (AvgIpc) is 2.32. The number of likely N-dealkylation sites (tertiary alicyclic amines) is 1. The third kappa shape index (κ3) is 3.56. The summed E-state index contributed by atoms with van der Waals surface area (Å²) < 4.78 is 1.78. The van der Waals surface area contributed by atoms with Gasteiger partial charge >= 0.3 is 0 Å². The smallest absolute Gasteiger partial charge is 0.252 e. The molecule has 0 bridgehead atoms. The first-order valence-corrected chi connectivity index (χ1v) is 7.59. The van der Waals surface area contributed by atoms with Crippen LogP contribution in [0.25, 0.3) is 0 Å². The highest BCUT2D eigenvalue weighted by Gasteiger charge is 2.20. The van der Waals surface area contributed by atoms with Crippen LogP contribution in [0.3, 0.4) is 0 Å². The van der Waals surface area contributed by atoms with Crippen LogP contribution >= 0.6 is 31.9 Å². The van der Waals surface area contributed by atoms with E-state index in [0.29, 0.717) is 11.6 Å². The van der Waals surface area contributed by atoms with E-state index >= 15 is 0 Å². The van der Waals surface area contributed by atoms with E-state index in [0.717, 1.165) is 34.9 Å². The van der Waals surface area contributed by atoms with Crippen LogP contribution in [0.5, 0.6) is 0 Å². The second-order valence-corrected chi connectivity index (χ2v) is 6.45. The van der Waals surface area contributed by atoms with Crippen LogP contribution in [0, 0.1) is 0 Å². The van der Waals surface area contributed by atoms with E-state index in [1.165, 1.54) is 0 Å². The molecule has 0 unspecified atom stereocenters. The van der Waals surface area contributed by atoms with E-state index in [1.807, 2.05) is 18.2 Å². The Hall–Kier alpha value is -0.390. The Balaban J connectivity index is 1.99. The summed E-state index contributed by atoms with van der Waals surface area (Å²) in [6.07, 6.45) is 2.05. The molecule has 1 N–H and O–H groups in total. The zero-order valence-electron chi connectivity index (χ0n) is 10.2. The van der Waals surface area contributed by atoms with Crippen molar-refractivity contribution < 1.29 is 4.79 Å². The van der Waals surface area contributed by atoms with Crippen molar-refractivity contribution >= 4 is 37.8 Å². The summed E-state index contributed by atoms with van der Waals surface area (Å²) in [5, 5.41) is 3.11. The fourth-order valence-electron chi connectivity index (χ4n) is 2.09. The third-order valence-corrected chi connectivity index (χ3v) is 4.38. The molecule has 1 aromatic carbocycles. The van der Waals surface area contributed by atoms with Gasteiger partial charge in [-0.1, -0.05) is 15.9 Å². The van der Waals surface area contributed by atoms with Crippen LogP contribution < -0.4 is 5.32 Å². The molecule has 5 heteroatoms. The zero-order valence-corrected chi connectivity index (χ0v) is 13.4. The molecule has 0 saturated carbocycles. The van der Waals surface area contributed by atoms with Crippen molar-refractivity contribution in [3.63, 3.8) is 0 Å². The molecule has 18 heavy (non-hydrogen) atoms. The van der Waals surface area contributed by atoms with E-state index in [-0.39, 0.29) is 5.91 Å². The quantitative estimate of drug-likeness (QED) is 0.861. The molecule has 1 aliphatic heterocycles. The number of nitrogens with one attached hydrogen (secondary N) is 1. The van der Waals surface area contributed by atoms with Gasteiger partial charge in [0.25, 0.3) is 5.91 Å². The number of amides is 1. The number of nitrogens with zero attached hydrogens (tertiary/aromatic N) is 1. The first-order chi connectivity index (χ1) is 8.56. The minimum Gasteiger partial charge on any atom is -0.349 e. The maximum absolute atomic E-state index is 12.2. The van der Waals surface area contributed by atoms with Gasteiger partial charge in [-0.2, -0.15) is 0 Å². The van der Waals surface area contributed by atoms with Gasteiger partial charge in [0.05, 0.1) is 5.56 Å². The second kappa shape index (κ2) is 6.17. The topological polar surface area (TPSA) is 32.3 Å². The van der Waals surface area contributed by atoms with Crippen LogP contribution in [0.15, 0.2) is 27.1 Å². The van der Waals surface area contributed by atoms with Crippen LogP contribution in [0.2, 0.25) is 0 Å². The lowest BCUT2D eigenvalue weighted by atomic mass is 10.0. The van der Waals surface area contributed by atoms with Crippen molar-refractivity contribution in [3.05, 3.63) is 32.7 Å². The molecule has 1 fully saturated rings. The number of rotatable bonds is 2. The molecule has 0 atom stereocenters. The summed E-state index contributed by atoms with van der Waals surface area (Å²) in [7, 11) is 2.11. The van der Waals surface area contributed by atoms with Gasteiger partial charge in [-0.15, -0.1) is 0 Å². The minimum atomic E-state index is 0.00364. The SMILES string of the molecule is CN1CCC(NC(=O)c2ccc(Br)cc2Br)CC1. The van der Waals surface area contributed by atoms with Crippen molar-refractivity contribution in [1.82, 2.24) is 10.2 Å².